The van der Waals surface area contributed by atoms with Gasteiger partial charge in [-0.2, -0.15) is 0 Å². The summed E-state index contributed by atoms with van der Waals surface area (Å²) >= 11 is 0. The minimum absolute atomic E-state index is 0.0855. The van der Waals surface area contributed by atoms with E-state index in [4.69, 9.17) is 0 Å². The van der Waals surface area contributed by atoms with Gasteiger partial charge in [-0.3, -0.25) is 4.79 Å². The van der Waals surface area contributed by atoms with Crippen LogP contribution in [0.5, 0.6) is 0 Å². The number of carbonyl (C=O) groups excluding carboxylic acids is 2. The Morgan fingerprint density at radius 2 is 1.85 bits per heavy atom. The molecule has 1 saturated heterocycles. The van der Waals surface area contributed by atoms with Gasteiger partial charge in [-0.05, 0) is 30.0 Å². The standard InChI is InChI=1S/C21H23N3O2/c1-23-18-10-6-5-9-17(18)21(19(23)25)12-14-24(15-21)20(26)22-13-11-16-7-3-2-4-8-16/h2-10H,11-15H2,1H3,(H,22,26). The molecule has 0 aromatic heterocycles. The van der Waals surface area contributed by atoms with Crippen LogP contribution in [0, 0.1) is 0 Å². The van der Waals surface area contributed by atoms with Gasteiger partial charge in [0.2, 0.25) is 5.91 Å². The number of urea groups is 1. The summed E-state index contributed by atoms with van der Waals surface area (Å²) in [6.07, 6.45) is 1.48. The van der Waals surface area contributed by atoms with Gasteiger partial charge in [-0.1, -0.05) is 48.5 Å². The largest absolute Gasteiger partial charge is 0.338 e. The van der Waals surface area contributed by atoms with Crippen LogP contribution in [0.15, 0.2) is 54.6 Å². The fourth-order valence-corrected chi connectivity index (χ4v) is 4.16. The van der Waals surface area contributed by atoms with Gasteiger partial charge in [0.25, 0.3) is 0 Å². The Morgan fingerprint density at radius 1 is 1.12 bits per heavy atom. The van der Waals surface area contributed by atoms with Crippen LogP contribution in [0.4, 0.5) is 10.5 Å². The Bertz CT molecular complexity index is 836. The predicted molar refractivity (Wildman–Crippen MR) is 101 cm³/mol. The van der Waals surface area contributed by atoms with E-state index >= 15 is 0 Å². The number of benzene rings is 2. The third-order valence-electron chi connectivity index (χ3n) is 5.58. The highest BCUT2D eigenvalue weighted by Crippen LogP contribution is 2.46. The summed E-state index contributed by atoms with van der Waals surface area (Å²) in [6.45, 7) is 1.65. The SMILES string of the molecule is CN1C(=O)C2(CCN(C(=O)NCCc3ccccc3)C2)c2ccccc21. The van der Waals surface area contributed by atoms with Crippen LogP contribution in [0.1, 0.15) is 17.5 Å². The predicted octanol–water partition coefficient (Wildman–Crippen LogP) is 2.56. The molecule has 134 valence electrons. The molecule has 2 aromatic rings. The molecule has 1 spiro atoms. The molecule has 3 amide bonds. The first kappa shape index (κ1) is 16.6. The first-order valence-corrected chi connectivity index (χ1v) is 9.06. The third kappa shape index (κ3) is 2.64. The van der Waals surface area contributed by atoms with Crippen molar-refractivity contribution in [2.75, 3.05) is 31.6 Å². The van der Waals surface area contributed by atoms with Crippen molar-refractivity contribution in [2.45, 2.75) is 18.3 Å². The van der Waals surface area contributed by atoms with E-state index in [2.05, 4.69) is 17.4 Å². The molecule has 2 heterocycles. The maximum Gasteiger partial charge on any atom is 0.317 e. The second kappa shape index (κ2) is 6.48. The Balaban J connectivity index is 1.42. The lowest BCUT2D eigenvalue weighted by Gasteiger charge is -2.23. The number of rotatable bonds is 3. The van der Waals surface area contributed by atoms with Crippen molar-refractivity contribution in [1.82, 2.24) is 10.2 Å². The minimum Gasteiger partial charge on any atom is -0.338 e. The molecule has 1 atom stereocenters. The van der Waals surface area contributed by atoms with Gasteiger partial charge < -0.3 is 15.1 Å². The van der Waals surface area contributed by atoms with E-state index in [9.17, 15) is 9.59 Å². The molecule has 2 aliphatic rings. The van der Waals surface area contributed by atoms with Gasteiger partial charge in [-0.15, -0.1) is 0 Å². The quantitative estimate of drug-likeness (QED) is 0.926. The maximum absolute atomic E-state index is 12.9. The lowest BCUT2D eigenvalue weighted by atomic mass is 9.81. The van der Waals surface area contributed by atoms with Crippen molar-refractivity contribution in [3.63, 3.8) is 0 Å². The van der Waals surface area contributed by atoms with Crippen molar-refractivity contribution in [1.29, 1.82) is 0 Å². The van der Waals surface area contributed by atoms with E-state index in [0.717, 1.165) is 17.7 Å². The number of anilines is 1. The monoisotopic (exact) mass is 349 g/mol. The number of para-hydroxylation sites is 1. The number of fused-ring (bicyclic) bond motifs is 2. The summed E-state index contributed by atoms with van der Waals surface area (Å²) in [5.41, 5.74) is 2.63. The lowest BCUT2D eigenvalue weighted by molar-refractivity contribution is -0.122. The normalized spacial score (nSPS) is 21.3. The van der Waals surface area contributed by atoms with Gasteiger partial charge in [0, 0.05) is 32.4 Å². The number of hydrogen-bond donors (Lipinski definition) is 1. The van der Waals surface area contributed by atoms with Crippen molar-refractivity contribution < 1.29 is 9.59 Å². The lowest BCUT2D eigenvalue weighted by Crippen LogP contribution is -2.44. The van der Waals surface area contributed by atoms with Gasteiger partial charge in [0.05, 0.1) is 5.41 Å². The van der Waals surface area contributed by atoms with E-state index < -0.39 is 5.41 Å². The van der Waals surface area contributed by atoms with Crippen LogP contribution >= 0.6 is 0 Å². The molecular formula is C21H23N3O2. The number of nitrogens with zero attached hydrogens (tertiary/aromatic N) is 2. The van der Waals surface area contributed by atoms with E-state index in [1.807, 2.05) is 49.5 Å². The first-order valence-electron chi connectivity index (χ1n) is 9.06. The fourth-order valence-electron chi connectivity index (χ4n) is 4.16. The fraction of sp³-hybridized carbons (Fsp3) is 0.333. The van der Waals surface area contributed by atoms with Gasteiger partial charge in [0.1, 0.15) is 0 Å². The van der Waals surface area contributed by atoms with E-state index in [-0.39, 0.29) is 11.9 Å². The molecule has 0 aliphatic carbocycles. The minimum atomic E-state index is -0.581. The Hall–Kier alpha value is -2.82. The van der Waals surface area contributed by atoms with Crippen molar-refractivity contribution in [3.8, 4) is 0 Å². The van der Waals surface area contributed by atoms with E-state index in [1.54, 1.807) is 9.80 Å². The average Bonchev–Trinajstić information content (AvgIpc) is 3.21. The highest BCUT2D eigenvalue weighted by Gasteiger charge is 2.54. The molecule has 1 N–H and O–H groups in total. The number of likely N-dealkylation sites (tertiary alicyclic amines) is 1. The van der Waals surface area contributed by atoms with Crippen molar-refractivity contribution in [2.24, 2.45) is 0 Å². The van der Waals surface area contributed by atoms with Crippen LogP contribution in [-0.4, -0.2) is 43.5 Å². The molecule has 1 unspecified atom stereocenters. The Kier molecular flexibility index (Phi) is 4.15. The second-order valence-electron chi connectivity index (χ2n) is 7.10. The number of likely N-dealkylation sites (N-methyl/N-ethyl adjacent to an activating group) is 1. The molecular weight excluding hydrogens is 326 g/mol. The van der Waals surface area contributed by atoms with E-state index in [0.29, 0.717) is 26.1 Å². The smallest absolute Gasteiger partial charge is 0.317 e. The zero-order valence-electron chi connectivity index (χ0n) is 14.9. The second-order valence-corrected chi connectivity index (χ2v) is 7.10. The number of hydrogen-bond acceptors (Lipinski definition) is 2. The van der Waals surface area contributed by atoms with Crippen LogP contribution in [0.25, 0.3) is 0 Å². The molecule has 2 aromatic carbocycles. The van der Waals surface area contributed by atoms with Gasteiger partial charge in [0.15, 0.2) is 0 Å². The summed E-state index contributed by atoms with van der Waals surface area (Å²) in [5.74, 6) is 0.0956. The summed E-state index contributed by atoms with van der Waals surface area (Å²) in [6, 6.07) is 17.9. The Morgan fingerprint density at radius 3 is 2.65 bits per heavy atom. The van der Waals surface area contributed by atoms with E-state index in [1.165, 1.54) is 5.56 Å². The van der Waals surface area contributed by atoms with Gasteiger partial charge >= 0.3 is 6.03 Å². The molecule has 0 saturated carbocycles. The molecule has 1 fully saturated rings. The summed E-state index contributed by atoms with van der Waals surface area (Å²) in [7, 11) is 1.82. The first-order chi connectivity index (χ1) is 12.6. The zero-order valence-corrected chi connectivity index (χ0v) is 14.9. The summed E-state index contributed by atoms with van der Waals surface area (Å²) < 4.78 is 0. The highest BCUT2D eigenvalue weighted by atomic mass is 16.2. The number of amides is 3. The van der Waals surface area contributed by atoms with Crippen LogP contribution < -0.4 is 10.2 Å². The Labute approximate surface area is 153 Å². The summed E-state index contributed by atoms with van der Waals surface area (Å²) in [4.78, 5) is 29.0. The van der Waals surface area contributed by atoms with Crippen molar-refractivity contribution in [3.05, 3.63) is 65.7 Å². The number of nitrogens with one attached hydrogen (secondary N) is 1. The maximum atomic E-state index is 12.9. The molecule has 0 radical (unpaired) electrons. The highest BCUT2D eigenvalue weighted by molar-refractivity contribution is 6.08. The molecule has 5 heteroatoms. The molecule has 26 heavy (non-hydrogen) atoms. The van der Waals surface area contributed by atoms with Crippen LogP contribution in [-0.2, 0) is 16.6 Å². The number of carbonyl (C=O) groups is 2. The molecule has 0 bridgehead atoms. The van der Waals surface area contributed by atoms with Gasteiger partial charge in [-0.25, -0.2) is 4.79 Å². The van der Waals surface area contributed by atoms with Crippen LogP contribution in [0.2, 0.25) is 0 Å². The third-order valence-corrected chi connectivity index (χ3v) is 5.58. The van der Waals surface area contributed by atoms with Crippen molar-refractivity contribution >= 4 is 17.6 Å². The summed E-state index contributed by atoms with van der Waals surface area (Å²) in [5, 5.41) is 2.99. The topological polar surface area (TPSA) is 52.7 Å². The average molecular weight is 349 g/mol. The van der Waals surface area contributed by atoms with Crippen LogP contribution in [0.3, 0.4) is 0 Å². The molecule has 5 nitrogen and oxygen atoms in total. The molecule has 4 rings (SSSR count). The zero-order chi connectivity index (χ0) is 18.1. The molecule has 2 aliphatic heterocycles.